The summed E-state index contributed by atoms with van der Waals surface area (Å²) < 4.78 is 5.56. The summed E-state index contributed by atoms with van der Waals surface area (Å²) in [5.41, 5.74) is 2.69. The molecule has 3 aliphatic carbocycles. The number of aliphatic carboxylic acids is 1. The molecule has 2 amide bonds. The molecule has 0 aliphatic heterocycles. The first-order chi connectivity index (χ1) is 15.7. The Morgan fingerprint density at radius 1 is 1.03 bits per heavy atom. The van der Waals surface area contributed by atoms with Crippen molar-refractivity contribution < 1.29 is 24.2 Å². The van der Waals surface area contributed by atoms with Crippen LogP contribution in [0.25, 0.3) is 11.1 Å². The number of ether oxygens (including phenoxy) is 1. The highest BCUT2D eigenvalue weighted by Gasteiger charge is 2.65. The van der Waals surface area contributed by atoms with Crippen LogP contribution in [-0.2, 0) is 14.3 Å². The van der Waals surface area contributed by atoms with Crippen molar-refractivity contribution in [3.63, 3.8) is 0 Å². The van der Waals surface area contributed by atoms with Crippen LogP contribution >= 0.6 is 0 Å². The van der Waals surface area contributed by atoms with Crippen molar-refractivity contribution >= 4 is 18.0 Å². The van der Waals surface area contributed by atoms with Gasteiger partial charge in [-0.2, -0.15) is 0 Å². The molecule has 0 aromatic heterocycles. The molecule has 2 fully saturated rings. The molecule has 3 atom stereocenters. The average molecular weight is 449 g/mol. The zero-order chi connectivity index (χ0) is 23.4. The maximum Gasteiger partial charge on any atom is 0.408 e. The van der Waals surface area contributed by atoms with Gasteiger partial charge in [-0.25, -0.2) is 4.79 Å². The van der Waals surface area contributed by atoms with E-state index in [1.165, 1.54) is 0 Å². The Morgan fingerprint density at radius 3 is 2.21 bits per heavy atom. The van der Waals surface area contributed by atoms with Gasteiger partial charge in [0.05, 0.1) is 5.41 Å². The zero-order valence-electron chi connectivity index (χ0n) is 18.8. The summed E-state index contributed by atoms with van der Waals surface area (Å²) in [5.74, 6) is -1.04. The summed E-state index contributed by atoms with van der Waals surface area (Å²) in [6.45, 7) is 3.40. The van der Waals surface area contributed by atoms with Crippen LogP contribution in [0.1, 0.15) is 50.2 Å². The van der Waals surface area contributed by atoms with E-state index >= 15 is 0 Å². The van der Waals surface area contributed by atoms with Crippen LogP contribution < -0.4 is 10.6 Å². The van der Waals surface area contributed by atoms with Gasteiger partial charge in [0.1, 0.15) is 12.1 Å². The molecule has 0 radical (unpaired) electrons. The summed E-state index contributed by atoms with van der Waals surface area (Å²) in [5, 5.41) is 15.0. The number of hydrogen-bond acceptors (Lipinski definition) is 4. The van der Waals surface area contributed by atoms with Gasteiger partial charge in [-0.1, -0.05) is 48.5 Å². The largest absolute Gasteiger partial charge is 0.481 e. The molecule has 33 heavy (non-hydrogen) atoms. The van der Waals surface area contributed by atoms with Gasteiger partial charge in [-0.15, -0.1) is 0 Å². The van der Waals surface area contributed by atoms with Crippen LogP contribution in [0.3, 0.4) is 0 Å². The molecule has 7 nitrogen and oxygen atoms in total. The smallest absolute Gasteiger partial charge is 0.408 e. The minimum Gasteiger partial charge on any atom is -0.481 e. The van der Waals surface area contributed by atoms with Crippen LogP contribution in [0.15, 0.2) is 48.5 Å². The summed E-state index contributed by atoms with van der Waals surface area (Å²) >= 11 is 0. The predicted octanol–water partition coefficient (Wildman–Crippen LogP) is 3.67. The molecule has 2 aromatic carbocycles. The predicted molar refractivity (Wildman–Crippen MR) is 122 cm³/mol. The van der Waals surface area contributed by atoms with Gasteiger partial charge in [-0.3, -0.25) is 9.59 Å². The third-order valence-corrected chi connectivity index (χ3v) is 7.50. The van der Waals surface area contributed by atoms with E-state index < -0.39 is 23.0 Å². The molecule has 0 bridgehead atoms. The monoisotopic (exact) mass is 448 g/mol. The lowest BCUT2D eigenvalue weighted by atomic mass is 9.98. The first kappa shape index (κ1) is 21.5. The molecule has 3 aliphatic rings. The number of rotatable bonds is 6. The van der Waals surface area contributed by atoms with Crippen molar-refractivity contribution in [2.45, 2.75) is 50.6 Å². The van der Waals surface area contributed by atoms with E-state index in [1.807, 2.05) is 24.3 Å². The quantitative estimate of drug-likeness (QED) is 0.625. The van der Waals surface area contributed by atoms with Crippen LogP contribution in [-0.4, -0.2) is 41.3 Å². The van der Waals surface area contributed by atoms with Crippen molar-refractivity contribution in [3.05, 3.63) is 59.7 Å². The first-order valence-electron chi connectivity index (χ1n) is 11.4. The lowest BCUT2D eigenvalue weighted by Gasteiger charge is -2.27. The number of alkyl carbamates (subject to hydrolysis) is 1. The van der Waals surface area contributed by atoms with E-state index in [1.54, 1.807) is 13.8 Å². The molecule has 2 aromatic rings. The molecule has 2 saturated carbocycles. The number of fused-ring (bicyclic) bond motifs is 4. The third-order valence-electron chi connectivity index (χ3n) is 7.50. The van der Waals surface area contributed by atoms with Gasteiger partial charge in [0.2, 0.25) is 5.91 Å². The van der Waals surface area contributed by atoms with Crippen molar-refractivity contribution in [3.8, 4) is 11.1 Å². The number of hydrogen-bond donors (Lipinski definition) is 3. The number of carbonyl (C=O) groups is 3. The van der Waals surface area contributed by atoms with Crippen LogP contribution in [0.5, 0.6) is 0 Å². The summed E-state index contributed by atoms with van der Waals surface area (Å²) in [4.78, 5) is 36.9. The third kappa shape index (κ3) is 3.65. The van der Waals surface area contributed by atoms with Gasteiger partial charge in [-0.05, 0) is 61.3 Å². The SMILES string of the molecule is CC(C)(NC(=O)OCC1c2ccccc2-c2ccccc21)C(=O)NC1CC2CC2(C(=O)O)C1. The van der Waals surface area contributed by atoms with Gasteiger partial charge in [0, 0.05) is 12.0 Å². The van der Waals surface area contributed by atoms with Gasteiger partial charge >= 0.3 is 12.1 Å². The average Bonchev–Trinajstić information content (AvgIpc) is 3.21. The molecule has 0 saturated heterocycles. The van der Waals surface area contributed by atoms with Crippen molar-refractivity contribution in [1.82, 2.24) is 10.6 Å². The first-order valence-corrected chi connectivity index (χ1v) is 11.4. The van der Waals surface area contributed by atoms with Gasteiger partial charge in [0.15, 0.2) is 0 Å². The molecule has 0 spiro atoms. The Balaban J connectivity index is 1.18. The minimum absolute atomic E-state index is 0.0579. The Bertz CT molecular complexity index is 1100. The lowest BCUT2D eigenvalue weighted by molar-refractivity contribution is -0.144. The Hall–Kier alpha value is -3.35. The molecule has 7 heteroatoms. The van der Waals surface area contributed by atoms with Crippen molar-refractivity contribution in [2.75, 3.05) is 6.61 Å². The van der Waals surface area contributed by atoms with Crippen LogP contribution in [0, 0.1) is 11.3 Å². The van der Waals surface area contributed by atoms with E-state index in [9.17, 15) is 19.5 Å². The normalized spacial score (nSPS) is 24.9. The van der Waals surface area contributed by atoms with Crippen LogP contribution in [0.4, 0.5) is 4.79 Å². The summed E-state index contributed by atoms with van der Waals surface area (Å²) in [6, 6.07) is 16.0. The lowest BCUT2D eigenvalue weighted by Crippen LogP contribution is -2.56. The fraction of sp³-hybridized carbons (Fsp3) is 0.423. The Labute approximate surface area is 192 Å². The van der Waals surface area contributed by atoms with Crippen molar-refractivity contribution in [2.24, 2.45) is 11.3 Å². The second kappa shape index (κ2) is 7.61. The minimum atomic E-state index is -1.19. The van der Waals surface area contributed by atoms with E-state index in [2.05, 4.69) is 34.9 Å². The zero-order valence-corrected chi connectivity index (χ0v) is 18.8. The molecular formula is C26H28N2O5. The molecule has 3 N–H and O–H groups in total. The van der Waals surface area contributed by atoms with Gasteiger partial charge < -0.3 is 20.5 Å². The second-order valence-corrected chi connectivity index (χ2v) is 10.0. The van der Waals surface area contributed by atoms with Crippen molar-refractivity contribution in [1.29, 1.82) is 0 Å². The molecule has 172 valence electrons. The maximum absolute atomic E-state index is 12.8. The summed E-state index contributed by atoms with van der Waals surface area (Å²) in [7, 11) is 0. The highest BCUT2D eigenvalue weighted by atomic mass is 16.5. The highest BCUT2D eigenvalue weighted by molar-refractivity contribution is 5.89. The van der Waals surface area contributed by atoms with Gasteiger partial charge in [0.25, 0.3) is 0 Å². The molecule has 3 unspecified atom stereocenters. The molecule has 5 rings (SSSR count). The molecular weight excluding hydrogens is 420 g/mol. The fourth-order valence-electron chi connectivity index (χ4n) is 5.58. The Morgan fingerprint density at radius 2 is 1.64 bits per heavy atom. The van der Waals surface area contributed by atoms with E-state index in [0.29, 0.717) is 19.3 Å². The number of benzene rings is 2. The van der Waals surface area contributed by atoms with Crippen LogP contribution in [0.2, 0.25) is 0 Å². The standard InChI is InChI=1S/C26H28N2O5/c1-25(2,22(29)27-16-11-15-12-26(15,13-16)23(30)31)28-24(32)33-14-21-19-9-5-3-7-17(19)18-8-4-6-10-20(18)21/h3-10,15-16,21H,11-14H2,1-2H3,(H,27,29)(H,28,32)(H,30,31). The Kier molecular flexibility index (Phi) is 4.96. The number of amides is 2. The number of carboxylic acids is 1. The molecule has 0 heterocycles. The van der Waals surface area contributed by atoms with E-state index in [0.717, 1.165) is 22.3 Å². The maximum atomic E-state index is 12.8. The number of nitrogens with one attached hydrogen (secondary N) is 2. The topological polar surface area (TPSA) is 105 Å². The van der Waals surface area contributed by atoms with E-state index in [-0.39, 0.29) is 30.4 Å². The number of carbonyl (C=O) groups excluding carboxylic acids is 2. The second-order valence-electron chi connectivity index (χ2n) is 10.0. The highest BCUT2D eigenvalue weighted by Crippen LogP contribution is 2.63. The fourth-order valence-corrected chi connectivity index (χ4v) is 5.58. The van der Waals surface area contributed by atoms with E-state index in [4.69, 9.17) is 4.74 Å². The summed E-state index contributed by atoms with van der Waals surface area (Å²) in [6.07, 6.45) is 1.14. The number of carboxylic acid groups (broad SMARTS) is 1.